The maximum Gasteiger partial charge on any atom is 0.186 e. The summed E-state index contributed by atoms with van der Waals surface area (Å²) in [7, 11) is 0. The highest BCUT2D eigenvalue weighted by Crippen LogP contribution is 2.24. The topological polar surface area (TPSA) is 37.8 Å². The van der Waals surface area contributed by atoms with Gasteiger partial charge in [0.2, 0.25) is 0 Å². The monoisotopic (exact) mass is 273 g/mol. The zero-order chi connectivity index (χ0) is 12.1. The minimum absolute atomic E-state index is 0.302. The molecule has 17 heavy (non-hydrogen) atoms. The van der Waals surface area contributed by atoms with Gasteiger partial charge in [0, 0.05) is 29.1 Å². The third-order valence-corrected chi connectivity index (χ3v) is 5.42. The van der Waals surface area contributed by atoms with Gasteiger partial charge < -0.3 is 5.32 Å². The molecule has 1 unspecified atom stereocenters. The molecule has 0 bridgehead atoms. The molecule has 0 spiro atoms. The lowest BCUT2D eigenvalue weighted by Gasteiger charge is -2.21. The lowest BCUT2D eigenvalue weighted by atomic mass is 10.3. The van der Waals surface area contributed by atoms with Crippen LogP contribution in [0.3, 0.4) is 0 Å². The second kappa shape index (κ2) is 6.44. The zero-order valence-electron chi connectivity index (χ0n) is 9.78. The van der Waals surface area contributed by atoms with Gasteiger partial charge in [0.1, 0.15) is 6.33 Å². The number of aromatic nitrogens is 2. The van der Waals surface area contributed by atoms with Gasteiger partial charge in [0.15, 0.2) is 11.6 Å². The first kappa shape index (κ1) is 13.0. The first-order chi connectivity index (χ1) is 8.31. The molecule has 1 atom stereocenters. The van der Waals surface area contributed by atoms with E-state index in [-0.39, 0.29) is 5.82 Å². The van der Waals surface area contributed by atoms with E-state index in [2.05, 4.69) is 15.3 Å². The largest absolute Gasteiger partial charge is 0.366 e. The Bertz CT molecular complexity index is 370. The minimum Gasteiger partial charge on any atom is -0.366 e. The lowest BCUT2D eigenvalue weighted by Crippen LogP contribution is -2.24. The van der Waals surface area contributed by atoms with Crippen LogP contribution < -0.4 is 5.32 Å². The Morgan fingerprint density at radius 1 is 1.47 bits per heavy atom. The van der Waals surface area contributed by atoms with E-state index in [1.807, 2.05) is 30.4 Å². The van der Waals surface area contributed by atoms with Crippen molar-refractivity contribution in [2.24, 2.45) is 0 Å². The first-order valence-corrected chi connectivity index (χ1v) is 7.94. The van der Waals surface area contributed by atoms with Crippen LogP contribution in [0.5, 0.6) is 0 Å². The highest BCUT2D eigenvalue weighted by atomic mass is 32.2. The van der Waals surface area contributed by atoms with Crippen molar-refractivity contribution >= 4 is 29.3 Å². The molecule has 2 heterocycles. The molecule has 0 amide bonds. The van der Waals surface area contributed by atoms with Gasteiger partial charge in [-0.25, -0.2) is 14.4 Å². The normalized spacial score (nSPS) is 20.2. The second-order valence-electron chi connectivity index (χ2n) is 3.79. The van der Waals surface area contributed by atoms with Gasteiger partial charge in [0.25, 0.3) is 0 Å². The number of nitrogens with zero attached hydrogens (tertiary/aromatic N) is 2. The van der Waals surface area contributed by atoms with Crippen molar-refractivity contribution < 1.29 is 4.39 Å². The molecule has 1 aromatic heterocycles. The van der Waals surface area contributed by atoms with Crippen LogP contribution >= 0.6 is 23.5 Å². The summed E-state index contributed by atoms with van der Waals surface area (Å²) < 4.78 is 13.8. The number of anilines is 1. The minimum atomic E-state index is -0.302. The Morgan fingerprint density at radius 3 is 3.06 bits per heavy atom. The van der Waals surface area contributed by atoms with E-state index in [0.717, 1.165) is 12.3 Å². The van der Waals surface area contributed by atoms with E-state index in [1.54, 1.807) is 0 Å². The van der Waals surface area contributed by atoms with E-state index in [1.165, 1.54) is 17.8 Å². The molecule has 1 N–H and O–H groups in total. The van der Waals surface area contributed by atoms with E-state index >= 15 is 0 Å². The molecule has 0 saturated carbocycles. The van der Waals surface area contributed by atoms with Crippen LogP contribution in [0, 0.1) is 5.82 Å². The molecule has 1 aliphatic rings. The predicted octanol–water partition coefficient (Wildman–Crippen LogP) is 2.44. The number of hydrogen-bond acceptors (Lipinski definition) is 5. The maximum atomic E-state index is 13.8. The third kappa shape index (κ3) is 3.48. The molecule has 1 aromatic rings. The van der Waals surface area contributed by atoms with Crippen molar-refractivity contribution in [3.05, 3.63) is 17.8 Å². The van der Waals surface area contributed by atoms with Crippen LogP contribution in [0.2, 0.25) is 0 Å². The van der Waals surface area contributed by atoms with E-state index in [4.69, 9.17) is 0 Å². The quantitative estimate of drug-likeness (QED) is 0.912. The Kier molecular flexibility index (Phi) is 4.91. The summed E-state index contributed by atoms with van der Waals surface area (Å²) in [6.45, 7) is 2.66. The van der Waals surface area contributed by atoms with Crippen LogP contribution in [-0.2, 0) is 6.42 Å². The standard InChI is InChI=1S/C11H16FN3S2/c1-2-9-10(12)11(15-7-14-9)13-5-8-6-16-3-4-17-8/h7-8H,2-6H2,1H3,(H,13,14,15). The molecule has 0 aliphatic carbocycles. The predicted molar refractivity (Wildman–Crippen MR) is 73.4 cm³/mol. The summed E-state index contributed by atoms with van der Waals surface area (Å²) in [5.41, 5.74) is 0.480. The van der Waals surface area contributed by atoms with Crippen LogP contribution in [0.4, 0.5) is 10.2 Å². The van der Waals surface area contributed by atoms with Crippen LogP contribution in [0.1, 0.15) is 12.6 Å². The fourth-order valence-corrected chi connectivity index (χ4v) is 4.25. The van der Waals surface area contributed by atoms with Crippen molar-refractivity contribution in [3.63, 3.8) is 0 Å². The number of nitrogens with one attached hydrogen (secondary N) is 1. The second-order valence-corrected chi connectivity index (χ2v) is 6.34. The smallest absolute Gasteiger partial charge is 0.186 e. The highest BCUT2D eigenvalue weighted by molar-refractivity contribution is 8.06. The third-order valence-electron chi connectivity index (χ3n) is 2.58. The number of hydrogen-bond donors (Lipinski definition) is 1. The number of aryl methyl sites for hydroxylation is 1. The highest BCUT2D eigenvalue weighted by Gasteiger charge is 2.16. The summed E-state index contributed by atoms with van der Waals surface area (Å²) in [5.74, 6) is 3.58. The van der Waals surface area contributed by atoms with Crippen LogP contribution in [0.15, 0.2) is 6.33 Å². The Morgan fingerprint density at radius 2 is 2.35 bits per heavy atom. The van der Waals surface area contributed by atoms with Gasteiger partial charge in [-0.05, 0) is 6.42 Å². The summed E-state index contributed by atoms with van der Waals surface area (Å²) in [4.78, 5) is 7.87. The fraction of sp³-hybridized carbons (Fsp3) is 0.636. The number of halogens is 1. The zero-order valence-corrected chi connectivity index (χ0v) is 11.4. The van der Waals surface area contributed by atoms with Gasteiger partial charge in [-0.2, -0.15) is 23.5 Å². The van der Waals surface area contributed by atoms with Crippen molar-refractivity contribution in [2.45, 2.75) is 18.6 Å². The van der Waals surface area contributed by atoms with Gasteiger partial charge in [-0.3, -0.25) is 0 Å². The molecule has 1 aliphatic heterocycles. The number of rotatable bonds is 4. The number of thioether (sulfide) groups is 2. The maximum absolute atomic E-state index is 13.8. The Labute approximate surface area is 109 Å². The first-order valence-electron chi connectivity index (χ1n) is 5.74. The summed E-state index contributed by atoms with van der Waals surface area (Å²) in [6, 6.07) is 0. The summed E-state index contributed by atoms with van der Waals surface area (Å²) in [6.07, 6.45) is 2.02. The average Bonchev–Trinajstić information content (AvgIpc) is 2.39. The van der Waals surface area contributed by atoms with Crippen molar-refractivity contribution in [2.75, 3.05) is 29.1 Å². The van der Waals surface area contributed by atoms with Gasteiger partial charge in [-0.15, -0.1) is 0 Å². The molecular formula is C11H16FN3S2. The molecular weight excluding hydrogens is 257 g/mol. The summed E-state index contributed by atoms with van der Waals surface area (Å²) in [5, 5.41) is 3.65. The molecule has 6 heteroatoms. The molecule has 1 saturated heterocycles. The molecule has 3 nitrogen and oxygen atoms in total. The SMILES string of the molecule is CCc1ncnc(NCC2CSCCS2)c1F. The summed E-state index contributed by atoms with van der Waals surface area (Å²) >= 11 is 3.91. The molecule has 1 fully saturated rings. The van der Waals surface area contributed by atoms with Gasteiger partial charge in [0.05, 0.1) is 5.69 Å². The molecule has 0 radical (unpaired) electrons. The van der Waals surface area contributed by atoms with Crippen molar-refractivity contribution in [1.82, 2.24) is 9.97 Å². The van der Waals surface area contributed by atoms with Crippen LogP contribution in [-0.4, -0.2) is 39.0 Å². The Hall–Kier alpha value is -0.490. The molecule has 2 rings (SSSR count). The van der Waals surface area contributed by atoms with E-state index in [0.29, 0.717) is 23.2 Å². The van der Waals surface area contributed by atoms with Crippen molar-refractivity contribution in [1.29, 1.82) is 0 Å². The van der Waals surface area contributed by atoms with Crippen molar-refractivity contribution in [3.8, 4) is 0 Å². The van der Waals surface area contributed by atoms with Crippen LogP contribution in [0.25, 0.3) is 0 Å². The molecule has 94 valence electrons. The Balaban J connectivity index is 1.93. The molecule has 0 aromatic carbocycles. The van der Waals surface area contributed by atoms with Gasteiger partial charge >= 0.3 is 0 Å². The van der Waals surface area contributed by atoms with E-state index < -0.39 is 0 Å². The van der Waals surface area contributed by atoms with Gasteiger partial charge in [-0.1, -0.05) is 6.92 Å². The fourth-order valence-electron chi connectivity index (χ4n) is 1.64. The average molecular weight is 273 g/mol. The van der Waals surface area contributed by atoms with E-state index in [9.17, 15) is 4.39 Å². The lowest BCUT2D eigenvalue weighted by molar-refractivity contribution is 0.596.